The van der Waals surface area contributed by atoms with Gasteiger partial charge in [0.2, 0.25) is 0 Å². The average molecular weight is 449 g/mol. The summed E-state index contributed by atoms with van der Waals surface area (Å²) < 4.78 is 5.18. The number of aliphatic hydroxyl groups is 1. The SMILES string of the molecule is CCNC(=NCc1ccc(CC)s1)NCC(O)c1ccco1.I. The van der Waals surface area contributed by atoms with Crippen molar-refractivity contribution in [2.24, 2.45) is 4.99 Å². The molecule has 3 N–H and O–H groups in total. The largest absolute Gasteiger partial charge is 0.467 e. The van der Waals surface area contributed by atoms with Crippen molar-refractivity contribution < 1.29 is 9.52 Å². The number of aryl methyl sites for hydroxylation is 1. The fourth-order valence-corrected chi connectivity index (χ4v) is 2.85. The molecule has 23 heavy (non-hydrogen) atoms. The molecule has 0 radical (unpaired) electrons. The number of hydrogen-bond donors (Lipinski definition) is 3. The predicted molar refractivity (Wildman–Crippen MR) is 106 cm³/mol. The molecule has 1 atom stereocenters. The minimum atomic E-state index is -0.688. The van der Waals surface area contributed by atoms with Gasteiger partial charge in [-0.2, -0.15) is 0 Å². The molecule has 0 bridgehead atoms. The van der Waals surface area contributed by atoms with Crippen molar-refractivity contribution in [3.8, 4) is 0 Å². The van der Waals surface area contributed by atoms with Gasteiger partial charge in [-0.05, 0) is 37.6 Å². The Morgan fingerprint density at radius 2 is 2.04 bits per heavy atom. The number of hydrogen-bond acceptors (Lipinski definition) is 4. The fourth-order valence-electron chi connectivity index (χ4n) is 1.97. The quantitative estimate of drug-likeness (QED) is 0.345. The van der Waals surface area contributed by atoms with Crippen LogP contribution in [0.1, 0.15) is 35.5 Å². The molecule has 1 unspecified atom stereocenters. The van der Waals surface area contributed by atoms with E-state index in [1.807, 2.05) is 6.92 Å². The summed E-state index contributed by atoms with van der Waals surface area (Å²) in [6.07, 6.45) is 1.93. The smallest absolute Gasteiger partial charge is 0.191 e. The molecule has 7 heteroatoms. The topological polar surface area (TPSA) is 69.8 Å². The summed E-state index contributed by atoms with van der Waals surface area (Å²) >= 11 is 1.79. The van der Waals surface area contributed by atoms with E-state index in [2.05, 4.69) is 34.7 Å². The average Bonchev–Trinajstić information content (AvgIpc) is 3.20. The number of halogens is 1. The van der Waals surface area contributed by atoms with Crippen LogP contribution in [0.3, 0.4) is 0 Å². The van der Waals surface area contributed by atoms with Crippen molar-refractivity contribution >= 4 is 41.3 Å². The molecule has 128 valence electrons. The first-order valence-electron chi connectivity index (χ1n) is 7.54. The van der Waals surface area contributed by atoms with Crippen LogP contribution < -0.4 is 10.6 Å². The van der Waals surface area contributed by atoms with Gasteiger partial charge in [-0.15, -0.1) is 35.3 Å². The lowest BCUT2D eigenvalue weighted by Crippen LogP contribution is -2.39. The maximum absolute atomic E-state index is 10.0. The summed E-state index contributed by atoms with van der Waals surface area (Å²) in [7, 11) is 0. The Hall–Kier alpha value is -1.06. The highest BCUT2D eigenvalue weighted by Gasteiger charge is 2.10. The second kappa shape index (κ2) is 10.7. The number of furan rings is 1. The van der Waals surface area contributed by atoms with Crippen LogP contribution in [0.4, 0.5) is 0 Å². The predicted octanol–water partition coefficient (Wildman–Crippen LogP) is 3.31. The third-order valence-electron chi connectivity index (χ3n) is 3.14. The molecule has 2 rings (SSSR count). The van der Waals surface area contributed by atoms with Gasteiger partial charge in [0.15, 0.2) is 5.96 Å². The highest BCUT2D eigenvalue weighted by Crippen LogP contribution is 2.17. The Morgan fingerprint density at radius 3 is 2.65 bits per heavy atom. The lowest BCUT2D eigenvalue weighted by molar-refractivity contribution is 0.153. The van der Waals surface area contributed by atoms with E-state index in [4.69, 9.17) is 4.42 Å². The Kier molecular flexibility index (Phi) is 9.27. The summed E-state index contributed by atoms with van der Waals surface area (Å²) in [5.41, 5.74) is 0. The third-order valence-corrected chi connectivity index (χ3v) is 4.35. The Balaban J connectivity index is 0.00000264. The molecule has 0 aliphatic heterocycles. The normalized spacial score (nSPS) is 12.6. The van der Waals surface area contributed by atoms with Crippen molar-refractivity contribution in [1.82, 2.24) is 10.6 Å². The van der Waals surface area contributed by atoms with Gasteiger partial charge in [-0.3, -0.25) is 0 Å². The molecule has 0 amide bonds. The summed E-state index contributed by atoms with van der Waals surface area (Å²) in [5.74, 6) is 1.24. The lowest BCUT2D eigenvalue weighted by Gasteiger charge is -2.13. The van der Waals surface area contributed by atoms with Crippen LogP contribution >= 0.6 is 35.3 Å². The Bertz CT molecular complexity index is 584. The zero-order chi connectivity index (χ0) is 15.8. The first kappa shape index (κ1) is 20.0. The standard InChI is InChI=1S/C16H23N3O2S.HI/c1-3-12-7-8-13(22-12)10-18-16(17-4-2)19-11-14(20)15-6-5-9-21-15;/h5-9,14,20H,3-4,10-11H2,1-2H3,(H2,17,18,19);1H. The molecular weight excluding hydrogens is 425 g/mol. The molecule has 0 fully saturated rings. The lowest BCUT2D eigenvalue weighted by atomic mass is 10.3. The molecule has 0 saturated carbocycles. The van der Waals surface area contributed by atoms with E-state index in [0.29, 0.717) is 24.8 Å². The van der Waals surface area contributed by atoms with Crippen molar-refractivity contribution in [3.05, 3.63) is 46.0 Å². The molecule has 0 saturated heterocycles. The van der Waals surface area contributed by atoms with Crippen LogP contribution in [0.25, 0.3) is 0 Å². The van der Waals surface area contributed by atoms with Gasteiger partial charge in [0.1, 0.15) is 11.9 Å². The number of nitrogens with zero attached hydrogens (tertiary/aromatic N) is 1. The molecule has 2 aromatic rings. The first-order valence-corrected chi connectivity index (χ1v) is 8.35. The van der Waals surface area contributed by atoms with Crippen molar-refractivity contribution in [3.63, 3.8) is 0 Å². The summed E-state index contributed by atoms with van der Waals surface area (Å²) in [6.45, 7) is 5.93. The van der Waals surface area contributed by atoms with E-state index < -0.39 is 6.10 Å². The van der Waals surface area contributed by atoms with Crippen LogP contribution in [-0.2, 0) is 13.0 Å². The van der Waals surface area contributed by atoms with Gasteiger partial charge in [0.25, 0.3) is 0 Å². The second-order valence-electron chi connectivity index (χ2n) is 4.83. The summed E-state index contributed by atoms with van der Waals surface area (Å²) in [5, 5.41) is 16.3. The minimum Gasteiger partial charge on any atom is -0.467 e. The second-order valence-corrected chi connectivity index (χ2v) is 6.08. The van der Waals surface area contributed by atoms with E-state index in [9.17, 15) is 5.11 Å². The van der Waals surface area contributed by atoms with Crippen LogP contribution in [0.2, 0.25) is 0 Å². The van der Waals surface area contributed by atoms with E-state index >= 15 is 0 Å². The highest BCUT2D eigenvalue weighted by molar-refractivity contribution is 14.0. The van der Waals surface area contributed by atoms with Gasteiger partial charge in [-0.1, -0.05) is 6.92 Å². The highest BCUT2D eigenvalue weighted by atomic mass is 127. The zero-order valence-corrected chi connectivity index (χ0v) is 16.6. The monoisotopic (exact) mass is 449 g/mol. The van der Waals surface area contributed by atoms with Crippen LogP contribution in [0.5, 0.6) is 0 Å². The van der Waals surface area contributed by atoms with E-state index in [1.165, 1.54) is 9.75 Å². The van der Waals surface area contributed by atoms with E-state index in [0.717, 1.165) is 13.0 Å². The molecule has 0 aliphatic carbocycles. The molecule has 0 aromatic carbocycles. The number of nitrogens with one attached hydrogen (secondary N) is 2. The summed E-state index contributed by atoms with van der Waals surface area (Å²) in [6, 6.07) is 7.79. The van der Waals surface area contributed by atoms with E-state index in [1.54, 1.807) is 29.7 Å². The maximum Gasteiger partial charge on any atom is 0.191 e. The van der Waals surface area contributed by atoms with Crippen LogP contribution in [0.15, 0.2) is 39.9 Å². The minimum absolute atomic E-state index is 0. The van der Waals surface area contributed by atoms with Gasteiger partial charge in [0, 0.05) is 16.3 Å². The molecule has 5 nitrogen and oxygen atoms in total. The fraction of sp³-hybridized carbons (Fsp3) is 0.438. The number of guanidine groups is 1. The van der Waals surface area contributed by atoms with Crippen molar-refractivity contribution in [2.45, 2.75) is 32.9 Å². The van der Waals surface area contributed by atoms with Crippen LogP contribution in [0, 0.1) is 0 Å². The van der Waals surface area contributed by atoms with Crippen molar-refractivity contribution in [1.29, 1.82) is 0 Å². The van der Waals surface area contributed by atoms with Crippen molar-refractivity contribution in [2.75, 3.05) is 13.1 Å². The molecular formula is C16H24IN3O2S. The molecule has 0 aliphatic rings. The third kappa shape index (κ3) is 6.52. The maximum atomic E-state index is 10.0. The molecule has 2 heterocycles. The Labute approximate surface area is 158 Å². The van der Waals surface area contributed by atoms with Gasteiger partial charge in [-0.25, -0.2) is 4.99 Å². The molecule has 0 spiro atoms. The Morgan fingerprint density at radius 1 is 1.26 bits per heavy atom. The van der Waals surface area contributed by atoms with Crippen LogP contribution in [-0.4, -0.2) is 24.2 Å². The van der Waals surface area contributed by atoms with E-state index in [-0.39, 0.29) is 24.0 Å². The van der Waals surface area contributed by atoms with Gasteiger partial charge < -0.3 is 20.2 Å². The molecule has 2 aromatic heterocycles. The number of aliphatic imine (C=N–C) groups is 1. The first-order chi connectivity index (χ1) is 10.7. The number of aliphatic hydroxyl groups excluding tert-OH is 1. The zero-order valence-electron chi connectivity index (χ0n) is 13.4. The van der Waals surface area contributed by atoms with Gasteiger partial charge >= 0.3 is 0 Å². The number of thiophene rings is 1. The van der Waals surface area contributed by atoms with Gasteiger partial charge in [0.05, 0.1) is 19.4 Å². The number of rotatable bonds is 7. The summed E-state index contributed by atoms with van der Waals surface area (Å²) in [4.78, 5) is 7.16.